The summed E-state index contributed by atoms with van der Waals surface area (Å²) in [7, 11) is 0. The summed E-state index contributed by atoms with van der Waals surface area (Å²) < 4.78 is 1.61. The summed E-state index contributed by atoms with van der Waals surface area (Å²) in [5.41, 5.74) is -0.260. The highest BCUT2D eigenvalue weighted by molar-refractivity contribution is 7.71. The molecule has 0 aromatic carbocycles. The summed E-state index contributed by atoms with van der Waals surface area (Å²) in [5.74, 6) is 0.946. The Morgan fingerprint density at radius 2 is 2.23 bits per heavy atom. The fraction of sp³-hybridized carbons (Fsp3) is 0.562. The zero-order chi connectivity index (χ0) is 16.3. The zero-order valence-electron chi connectivity index (χ0n) is 13.1. The van der Waals surface area contributed by atoms with Gasteiger partial charge in [-0.15, -0.1) is 6.58 Å². The van der Waals surface area contributed by atoms with Crippen molar-refractivity contribution >= 4 is 18.4 Å². The van der Waals surface area contributed by atoms with E-state index in [2.05, 4.69) is 30.4 Å². The van der Waals surface area contributed by atoms with E-state index in [0.717, 1.165) is 12.8 Å². The van der Waals surface area contributed by atoms with Gasteiger partial charge in [-0.3, -0.25) is 19.3 Å². The number of H-pyrrole nitrogens is 1. The minimum atomic E-state index is -0.414. The van der Waals surface area contributed by atoms with Crippen LogP contribution in [0.4, 0.5) is 0 Å². The maximum Gasteiger partial charge on any atom is 0.264 e. The second kappa shape index (κ2) is 7.05. The van der Waals surface area contributed by atoms with Crippen LogP contribution in [0.15, 0.2) is 22.4 Å². The van der Waals surface area contributed by atoms with E-state index < -0.39 is 5.56 Å². The summed E-state index contributed by atoms with van der Waals surface area (Å²) in [6.45, 7) is 8.39. The van der Waals surface area contributed by atoms with Crippen molar-refractivity contribution < 1.29 is 5.11 Å². The fourth-order valence-electron chi connectivity index (χ4n) is 2.92. The number of aromatic nitrogens is 2. The molecule has 2 N–H and O–H groups in total. The highest BCUT2D eigenvalue weighted by atomic mass is 32.1. The molecule has 0 spiro atoms. The lowest BCUT2D eigenvalue weighted by molar-refractivity contribution is 0.242. The van der Waals surface area contributed by atoms with Crippen LogP contribution in [0.1, 0.15) is 38.7 Å². The van der Waals surface area contributed by atoms with Gasteiger partial charge in [0.2, 0.25) is 5.88 Å². The van der Waals surface area contributed by atoms with Crippen molar-refractivity contribution in [1.29, 1.82) is 0 Å². The molecule has 2 rings (SSSR count). The van der Waals surface area contributed by atoms with Crippen LogP contribution in [0.25, 0.3) is 0 Å². The topological polar surface area (TPSA) is 70.4 Å². The molecule has 0 amide bonds. The summed E-state index contributed by atoms with van der Waals surface area (Å²) in [4.78, 5) is 19.1. The first-order valence-corrected chi connectivity index (χ1v) is 8.06. The highest BCUT2D eigenvalue weighted by Gasteiger charge is 2.26. The van der Waals surface area contributed by atoms with Crippen LogP contribution in [0.2, 0.25) is 0 Å². The van der Waals surface area contributed by atoms with Gasteiger partial charge in [-0.2, -0.15) is 0 Å². The van der Waals surface area contributed by atoms with E-state index in [1.807, 2.05) is 0 Å². The molecule has 1 saturated carbocycles. The fourth-order valence-corrected chi connectivity index (χ4v) is 3.18. The molecular weight excluding hydrogens is 298 g/mol. The highest BCUT2D eigenvalue weighted by Crippen LogP contribution is 2.31. The Labute approximate surface area is 135 Å². The smallest absolute Gasteiger partial charge is 0.264 e. The van der Waals surface area contributed by atoms with Crippen molar-refractivity contribution in [2.45, 2.75) is 45.7 Å². The van der Waals surface area contributed by atoms with Crippen molar-refractivity contribution in [3.63, 3.8) is 0 Å². The van der Waals surface area contributed by atoms with Gasteiger partial charge in [0.05, 0.1) is 6.04 Å². The lowest BCUT2D eigenvalue weighted by atomic mass is 9.78. The molecule has 1 aliphatic carbocycles. The molecule has 3 atom stereocenters. The number of nitrogens with one attached hydrogen (secondary N) is 1. The standard InChI is InChI=1S/C16H23N3O2S/c1-4-8-19-15(21)12(14(20)18-16(19)22)9-17-13-7-5-6-10(2)11(13)3/h4,9-11,13,21H,1,5-8H2,2-3H3,(H,18,20,22)/t10-,11-,13-/m1/s1. The van der Waals surface area contributed by atoms with Crippen molar-refractivity contribution in [3.8, 4) is 5.88 Å². The third kappa shape index (κ3) is 3.38. The number of hydrogen-bond acceptors (Lipinski definition) is 4. The lowest BCUT2D eigenvalue weighted by Gasteiger charge is -2.31. The van der Waals surface area contributed by atoms with Gasteiger partial charge in [-0.1, -0.05) is 32.8 Å². The third-order valence-corrected chi connectivity index (χ3v) is 4.90. The number of aromatic amines is 1. The van der Waals surface area contributed by atoms with Crippen LogP contribution >= 0.6 is 12.2 Å². The van der Waals surface area contributed by atoms with Crippen molar-refractivity contribution in [1.82, 2.24) is 9.55 Å². The Kier molecular flexibility index (Phi) is 5.34. The second-order valence-corrected chi connectivity index (χ2v) is 6.40. The summed E-state index contributed by atoms with van der Waals surface area (Å²) >= 11 is 5.05. The predicted molar refractivity (Wildman–Crippen MR) is 91.3 cm³/mol. The van der Waals surface area contributed by atoms with E-state index in [1.165, 1.54) is 17.2 Å². The Balaban J connectivity index is 2.35. The molecule has 0 bridgehead atoms. The van der Waals surface area contributed by atoms with Gasteiger partial charge < -0.3 is 5.11 Å². The zero-order valence-corrected chi connectivity index (χ0v) is 13.9. The lowest BCUT2D eigenvalue weighted by Crippen LogP contribution is -2.28. The number of hydrogen-bond donors (Lipinski definition) is 2. The van der Waals surface area contributed by atoms with E-state index in [4.69, 9.17) is 12.2 Å². The van der Waals surface area contributed by atoms with E-state index in [0.29, 0.717) is 18.4 Å². The molecule has 120 valence electrons. The Morgan fingerprint density at radius 3 is 2.91 bits per heavy atom. The number of aliphatic imine (C=N–C) groups is 1. The van der Waals surface area contributed by atoms with E-state index in [1.54, 1.807) is 6.08 Å². The Hall–Kier alpha value is -1.69. The first-order chi connectivity index (χ1) is 10.5. The number of rotatable bonds is 4. The Bertz CT molecular complexity index is 690. The monoisotopic (exact) mass is 321 g/mol. The molecule has 1 aromatic rings. The van der Waals surface area contributed by atoms with Crippen LogP contribution in [0.3, 0.4) is 0 Å². The van der Waals surface area contributed by atoms with Gasteiger partial charge in [0, 0.05) is 12.8 Å². The molecule has 0 saturated heterocycles. The molecule has 1 heterocycles. The first-order valence-electron chi connectivity index (χ1n) is 7.65. The molecule has 1 aliphatic rings. The number of aromatic hydroxyl groups is 1. The molecule has 5 nitrogen and oxygen atoms in total. The van der Waals surface area contributed by atoms with Crippen LogP contribution in [0, 0.1) is 16.6 Å². The molecule has 6 heteroatoms. The predicted octanol–water partition coefficient (Wildman–Crippen LogP) is 3.04. The van der Waals surface area contributed by atoms with E-state index >= 15 is 0 Å². The summed E-state index contributed by atoms with van der Waals surface area (Å²) in [6.07, 6.45) is 6.49. The number of nitrogens with zero attached hydrogens (tertiary/aromatic N) is 2. The normalized spacial score (nSPS) is 25.5. The SMILES string of the molecule is C=CCn1c(O)c(C=N[C@@H]2CCC[C@@H](C)[C@H]2C)c(=O)[nH]c1=S. The van der Waals surface area contributed by atoms with Crippen molar-refractivity contribution in [3.05, 3.63) is 33.3 Å². The average molecular weight is 321 g/mol. The molecule has 1 fully saturated rings. The third-order valence-electron chi connectivity index (χ3n) is 4.58. The first kappa shape index (κ1) is 16.7. The molecule has 1 aromatic heterocycles. The maximum atomic E-state index is 12.0. The average Bonchev–Trinajstić information content (AvgIpc) is 2.47. The van der Waals surface area contributed by atoms with Crippen molar-refractivity contribution in [2.75, 3.05) is 0 Å². The number of allylic oxidation sites excluding steroid dienone is 1. The minimum absolute atomic E-state index is 0.154. The quantitative estimate of drug-likeness (QED) is 0.509. The van der Waals surface area contributed by atoms with Crippen LogP contribution < -0.4 is 5.56 Å². The summed E-state index contributed by atoms with van der Waals surface area (Å²) in [6, 6.07) is 0.193. The van der Waals surface area contributed by atoms with Gasteiger partial charge in [-0.25, -0.2) is 0 Å². The van der Waals surface area contributed by atoms with Crippen LogP contribution in [0.5, 0.6) is 5.88 Å². The summed E-state index contributed by atoms with van der Waals surface area (Å²) in [5, 5.41) is 10.3. The molecule has 0 unspecified atom stereocenters. The van der Waals surface area contributed by atoms with E-state index in [-0.39, 0.29) is 22.3 Å². The van der Waals surface area contributed by atoms with E-state index in [9.17, 15) is 9.90 Å². The van der Waals surface area contributed by atoms with Crippen LogP contribution in [-0.2, 0) is 6.54 Å². The minimum Gasteiger partial charge on any atom is -0.494 e. The van der Waals surface area contributed by atoms with Crippen molar-refractivity contribution in [2.24, 2.45) is 16.8 Å². The van der Waals surface area contributed by atoms with Gasteiger partial charge in [0.1, 0.15) is 5.56 Å². The van der Waals surface area contributed by atoms with Gasteiger partial charge >= 0.3 is 0 Å². The second-order valence-electron chi connectivity index (χ2n) is 6.01. The largest absolute Gasteiger partial charge is 0.494 e. The molecule has 0 aliphatic heterocycles. The van der Waals surface area contributed by atoms with Gasteiger partial charge in [0.25, 0.3) is 5.56 Å². The molecule has 0 radical (unpaired) electrons. The van der Waals surface area contributed by atoms with Gasteiger partial charge in [0.15, 0.2) is 4.77 Å². The molecular formula is C16H23N3O2S. The van der Waals surface area contributed by atoms with Crippen LogP contribution in [-0.4, -0.2) is 26.9 Å². The Morgan fingerprint density at radius 1 is 1.50 bits per heavy atom. The maximum absolute atomic E-state index is 12.0. The molecule has 22 heavy (non-hydrogen) atoms. The van der Waals surface area contributed by atoms with Gasteiger partial charge in [-0.05, 0) is 30.5 Å².